The van der Waals surface area contributed by atoms with Crippen molar-refractivity contribution >= 4 is 6.41 Å². The lowest BCUT2D eigenvalue weighted by Crippen LogP contribution is -2.30. The smallest absolute Gasteiger partial charge is 0.206 e. The van der Waals surface area contributed by atoms with Crippen molar-refractivity contribution in [2.24, 2.45) is 0 Å². The average Bonchev–Trinajstić information content (AvgIpc) is 2.78. The minimum Gasteiger partial charge on any atom is -0.492 e. The number of carbonyl (C=O) groups is 1. The summed E-state index contributed by atoms with van der Waals surface area (Å²) in [6.07, 6.45) is 7.03. The second-order valence-electron chi connectivity index (χ2n) is 5.82. The molecule has 1 aromatic carbocycles. The van der Waals surface area contributed by atoms with Gasteiger partial charge in [-0.1, -0.05) is 92.9 Å². The molecule has 0 aliphatic heterocycles. The van der Waals surface area contributed by atoms with Crippen molar-refractivity contribution in [3.63, 3.8) is 0 Å². The summed E-state index contributed by atoms with van der Waals surface area (Å²) in [4.78, 5) is 11.6. The number of ether oxygens (including phenoxy) is 1. The van der Waals surface area contributed by atoms with Gasteiger partial charge in [-0.3, -0.25) is 9.69 Å². The highest BCUT2D eigenvalue weighted by Crippen LogP contribution is 2.08. The number of rotatable bonds is 11. The molecule has 0 aliphatic carbocycles. The number of amides is 1. The maximum absolute atomic E-state index is 9.06. The van der Waals surface area contributed by atoms with E-state index in [1.165, 1.54) is 45.2 Å². The summed E-state index contributed by atoms with van der Waals surface area (Å²) < 4.78 is 5.75. The Morgan fingerprint density at radius 3 is 1.79 bits per heavy atom. The van der Waals surface area contributed by atoms with E-state index in [2.05, 4.69) is 37.9 Å². The van der Waals surface area contributed by atoms with Gasteiger partial charge < -0.3 is 10.1 Å². The van der Waals surface area contributed by atoms with Crippen LogP contribution < -0.4 is 10.1 Å². The number of benzene rings is 1. The lowest BCUT2D eigenvalue weighted by molar-refractivity contribution is -0.109. The predicted octanol–water partition coefficient (Wildman–Crippen LogP) is 6.80. The van der Waals surface area contributed by atoms with Crippen LogP contribution in [0.15, 0.2) is 30.3 Å². The molecular formula is C25H52N2O2. The molecule has 0 unspecified atom stereocenters. The van der Waals surface area contributed by atoms with Gasteiger partial charge in [0.25, 0.3) is 0 Å². The van der Waals surface area contributed by atoms with Gasteiger partial charge in [0.1, 0.15) is 12.4 Å². The molecule has 1 rings (SSSR count). The fraction of sp³-hybridized carbons (Fsp3) is 0.720. The molecule has 1 amide bonds. The predicted molar refractivity (Wildman–Crippen MR) is 132 cm³/mol. The third-order valence-corrected chi connectivity index (χ3v) is 3.16. The fourth-order valence-electron chi connectivity index (χ4n) is 2.05. The van der Waals surface area contributed by atoms with E-state index >= 15 is 0 Å². The molecule has 0 radical (unpaired) electrons. The second kappa shape index (κ2) is 37.2. The highest BCUT2D eigenvalue weighted by atomic mass is 16.5. The van der Waals surface area contributed by atoms with Gasteiger partial charge in [0.2, 0.25) is 6.41 Å². The molecule has 29 heavy (non-hydrogen) atoms. The summed E-state index contributed by atoms with van der Waals surface area (Å²) in [5, 5.41) is 2.25. The molecule has 0 atom stereocenters. The molecule has 0 aromatic heterocycles. The van der Waals surface area contributed by atoms with Crippen LogP contribution in [-0.4, -0.2) is 44.6 Å². The van der Waals surface area contributed by atoms with E-state index in [0.29, 0.717) is 6.41 Å². The molecule has 0 aliphatic rings. The number of nitrogens with one attached hydrogen (secondary N) is 1. The van der Waals surface area contributed by atoms with Gasteiger partial charge in [-0.25, -0.2) is 0 Å². The Bertz CT molecular complexity index is 359. The van der Waals surface area contributed by atoms with Gasteiger partial charge in [-0.2, -0.15) is 0 Å². The van der Waals surface area contributed by atoms with E-state index in [9.17, 15) is 0 Å². The Morgan fingerprint density at radius 1 is 0.862 bits per heavy atom. The van der Waals surface area contributed by atoms with E-state index in [1.54, 1.807) is 7.05 Å². The Kier molecular flexibility index (Phi) is 44.8. The van der Waals surface area contributed by atoms with Crippen LogP contribution in [0.1, 0.15) is 87.5 Å². The Labute approximate surface area is 183 Å². The average molecular weight is 413 g/mol. The topological polar surface area (TPSA) is 41.6 Å². The first-order valence-corrected chi connectivity index (χ1v) is 11.7. The summed E-state index contributed by atoms with van der Waals surface area (Å²) in [5.41, 5.74) is 0. The first-order valence-electron chi connectivity index (χ1n) is 11.7. The van der Waals surface area contributed by atoms with Crippen molar-refractivity contribution in [3.05, 3.63) is 30.3 Å². The van der Waals surface area contributed by atoms with Crippen LogP contribution in [0.25, 0.3) is 0 Å². The molecule has 0 bridgehead atoms. The third kappa shape index (κ3) is 34.4. The van der Waals surface area contributed by atoms with Crippen molar-refractivity contribution in [1.29, 1.82) is 0 Å². The number of hydrogen-bond donors (Lipinski definition) is 1. The molecule has 1 N–H and O–H groups in total. The van der Waals surface area contributed by atoms with Crippen LogP contribution in [0.2, 0.25) is 0 Å². The summed E-state index contributed by atoms with van der Waals surface area (Å²) in [7, 11) is 1.56. The summed E-state index contributed by atoms with van der Waals surface area (Å²) >= 11 is 0. The van der Waals surface area contributed by atoms with Crippen molar-refractivity contribution in [2.75, 3.05) is 33.3 Å². The van der Waals surface area contributed by atoms with Crippen molar-refractivity contribution < 1.29 is 9.53 Å². The van der Waals surface area contributed by atoms with Gasteiger partial charge in [0, 0.05) is 13.6 Å². The van der Waals surface area contributed by atoms with Crippen LogP contribution in [-0.2, 0) is 4.79 Å². The van der Waals surface area contributed by atoms with E-state index in [-0.39, 0.29) is 0 Å². The van der Waals surface area contributed by atoms with E-state index in [4.69, 9.17) is 9.53 Å². The van der Waals surface area contributed by atoms with Gasteiger partial charge in [-0.05, 0) is 38.1 Å². The van der Waals surface area contributed by atoms with Crippen LogP contribution >= 0.6 is 0 Å². The first-order chi connectivity index (χ1) is 14.2. The molecule has 4 nitrogen and oxygen atoms in total. The lowest BCUT2D eigenvalue weighted by atomic mass is 10.2. The van der Waals surface area contributed by atoms with Crippen molar-refractivity contribution in [3.8, 4) is 5.75 Å². The van der Waals surface area contributed by atoms with Crippen LogP contribution in [0.4, 0.5) is 0 Å². The van der Waals surface area contributed by atoms with Crippen molar-refractivity contribution in [2.45, 2.75) is 87.5 Å². The third-order valence-electron chi connectivity index (χ3n) is 3.16. The highest BCUT2D eigenvalue weighted by molar-refractivity contribution is 5.44. The minimum atomic E-state index is 0.625. The van der Waals surface area contributed by atoms with Gasteiger partial charge in [-0.15, -0.1) is 0 Å². The first kappa shape index (κ1) is 34.9. The van der Waals surface area contributed by atoms with E-state index < -0.39 is 0 Å². The normalized spacial score (nSPS) is 8.48. The molecule has 0 saturated heterocycles. The number of unbranched alkanes of at least 4 members (excludes halogenated alkanes) is 2. The van der Waals surface area contributed by atoms with Crippen LogP contribution in [0.5, 0.6) is 5.75 Å². The standard InChI is InChI=1S/C16H27NO.C3H8.C2H5NO.2C2H6/c1-3-5-9-13-17(12-4-2)14-15-18-16-10-7-6-8-11-16;1-3-2;1-3-2-4;2*1-2/h6-8,10-11H,3-5,9,12-15H2,1-2H3;3H2,1-2H3;2H,1H3,(H,3,4);2*1-2H3. The van der Waals surface area contributed by atoms with Gasteiger partial charge in [0.15, 0.2) is 0 Å². The van der Waals surface area contributed by atoms with E-state index in [1.807, 2.05) is 58.0 Å². The second-order valence-corrected chi connectivity index (χ2v) is 5.82. The van der Waals surface area contributed by atoms with E-state index in [0.717, 1.165) is 18.9 Å². The fourth-order valence-corrected chi connectivity index (χ4v) is 2.05. The van der Waals surface area contributed by atoms with Gasteiger partial charge in [0.05, 0.1) is 0 Å². The van der Waals surface area contributed by atoms with Crippen LogP contribution in [0, 0.1) is 0 Å². The van der Waals surface area contributed by atoms with Gasteiger partial charge >= 0.3 is 0 Å². The largest absolute Gasteiger partial charge is 0.492 e. The maximum atomic E-state index is 9.06. The molecule has 0 heterocycles. The van der Waals surface area contributed by atoms with Crippen molar-refractivity contribution in [1.82, 2.24) is 10.2 Å². The zero-order valence-electron chi connectivity index (χ0n) is 21.1. The summed E-state index contributed by atoms with van der Waals surface area (Å²) in [5.74, 6) is 0.975. The molecule has 0 fully saturated rings. The zero-order chi connectivity index (χ0) is 23.2. The Balaban J connectivity index is -0.000000238. The SMILES string of the molecule is CC.CC.CCC.CCCCCN(CCC)CCOc1ccccc1.CNC=O. The lowest BCUT2D eigenvalue weighted by Gasteiger charge is -2.21. The summed E-state index contributed by atoms with van der Waals surface area (Å²) in [6.45, 7) is 21.0. The maximum Gasteiger partial charge on any atom is 0.206 e. The molecule has 0 spiro atoms. The highest BCUT2D eigenvalue weighted by Gasteiger charge is 2.03. The van der Waals surface area contributed by atoms with Crippen LogP contribution in [0.3, 0.4) is 0 Å². The quantitative estimate of drug-likeness (QED) is 0.321. The molecule has 0 saturated carbocycles. The summed E-state index contributed by atoms with van der Waals surface area (Å²) in [6, 6.07) is 10.1. The molecular weight excluding hydrogens is 360 g/mol. The number of para-hydroxylation sites is 1. The Hall–Kier alpha value is -1.55. The molecule has 174 valence electrons. The number of nitrogens with zero attached hydrogens (tertiary/aromatic N) is 1. The number of hydrogen-bond acceptors (Lipinski definition) is 3. The monoisotopic (exact) mass is 412 g/mol. The zero-order valence-corrected chi connectivity index (χ0v) is 21.1. The number of carbonyl (C=O) groups excluding carboxylic acids is 1. The molecule has 1 aromatic rings. The molecule has 4 heteroatoms. The Morgan fingerprint density at radius 2 is 1.38 bits per heavy atom. The minimum absolute atomic E-state index is 0.625.